The highest BCUT2D eigenvalue weighted by molar-refractivity contribution is 7.88. The number of nitrogens with one attached hydrogen (secondary N) is 1. The topological polar surface area (TPSA) is 72.2 Å². The van der Waals surface area contributed by atoms with E-state index in [0.29, 0.717) is 13.1 Å². The summed E-state index contributed by atoms with van der Waals surface area (Å²) in [5, 5.41) is 0. The lowest BCUT2D eigenvalue weighted by Gasteiger charge is -2.07. The monoisotopic (exact) mass is 268 g/mol. The summed E-state index contributed by atoms with van der Waals surface area (Å²) in [5.74, 6) is 0.777. The van der Waals surface area contributed by atoms with E-state index in [0.717, 1.165) is 23.5 Å². The minimum Gasteiger partial charge on any atom is -0.326 e. The summed E-state index contributed by atoms with van der Waals surface area (Å²) in [4.78, 5) is 0. The van der Waals surface area contributed by atoms with Crippen molar-refractivity contribution < 1.29 is 8.42 Å². The Morgan fingerprint density at radius 2 is 2.00 bits per heavy atom. The van der Waals surface area contributed by atoms with E-state index in [2.05, 4.69) is 4.72 Å². The quantitative estimate of drug-likeness (QED) is 0.784. The first kappa shape index (κ1) is 13.5. The molecule has 100 valence electrons. The van der Waals surface area contributed by atoms with E-state index in [1.54, 1.807) is 0 Å². The van der Waals surface area contributed by atoms with Crippen molar-refractivity contribution in [3.05, 3.63) is 35.4 Å². The van der Waals surface area contributed by atoms with Crippen molar-refractivity contribution in [1.29, 1.82) is 0 Å². The van der Waals surface area contributed by atoms with Crippen molar-refractivity contribution in [2.45, 2.75) is 31.6 Å². The minimum atomic E-state index is -3.22. The first-order valence-electron chi connectivity index (χ1n) is 6.34. The van der Waals surface area contributed by atoms with Gasteiger partial charge in [-0.2, -0.15) is 0 Å². The summed E-state index contributed by atoms with van der Waals surface area (Å²) < 4.78 is 26.4. The Labute approximate surface area is 109 Å². The Hall–Kier alpha value is -0.910. The summed E-state index contributed by atoms with van der Waals surface area (Å²) in [6, 6.07) is 7.41. The third-order valence-corrected chi connectivity index (χ3v) is 4.51. The molecule has 0 aliphatic heterocycles. The third kappa shape index (κ3) is 4.40. The summed E-state index contributed by atoms with van der Waals surface area (Å²) in [6.07, 6.45) is 3.46. The molecule has 0 aromatic heterocycles. The van der Waals surface area contributed by atoms with Crippen LogP contribution in [0.2, 0.25) is 0 Å². The van der Waals surface area contributed by atoms with Gasteiger partial charge in [-0.05, 0) is 23.5 Å². The van der Waals surface area contributed by atoms with Gasteiger partial charge in [-0.25, -0.2) is 13.1 Å². The predicted molar refractivity (Wildman–Crippen MR) is 72.3 cm³/mol. The van der Waals surface area contributed by atoms with E-state index >= 15 is 0 Å². The van der Waals surface area contributed by atoms with Gasteiger partial charge in [0.2, 0.25) is 10.0 Å². The number of nitrogens with two attached hydrogens (primary N) is 1. The second-order valence-corrected chi connectivity index (χ2v) is 6.72. The predicted octanol–water partition coefficient (Wildman–Crippen LogP) is 1.36. The van der Waals surface area contributed by atoms with Gasteiger partial charge in [0.25, 0.3) is 0 Å². The molecule has 1 fully saturated rings. The maximum Gasteiger partial charge on any atom is 0.215 e. The lowest BCUT2D eigenvalue weighted by atomic mass is 10.1. The van der Waals surface area contributed by atoms with E-state index in [1.807, 2.05) is 24.3 Å². The van der Waals surface area contributed by atoms with Crippen molar-refractivity contribution in [3.63, 3.8) is 0 Å². The van der Waals surface area contributed by atoms with Crippen molar-refractivity contribution in [3.8, 4) is 0 Å². The molecule has 1 aliphatic carbocycles. The molecular weight excluding hydrogens is 248 g/mol. The Morgan fingerprint density at radius 3 is 2.67 bits per heavy atom. The zero-order chi connectivity index (χ0) is 13.0. The molecule has 0 saturated heterocycles. The van der Waals surface area contributed by atoms with Crippen LogP contribution in [0.3, 0.4) is 0 Å². The highest BCUT2D eigenvalue weighted by atomic mass is 32.2. The van der Waals surface area contributed by atoms with Crippen LogP contribution in [0.4, 0.5) is 0 Å². The number of hydrogen-bond acceptors (Lipinski definition) is 3. The molecule has 1 aliphatic rings. The van der Waals surface area contributed by atoms with Gasteiger partial charge < -0.3 is 5.73 Å². The van der Waals surface area contributed by atoms with Crippen LogP contribution in [-0.4, -0.2) is 15.0 Å². The van der Waals surface area contributed by atoms with Crippen molar-refractivity contribution in [2.24, 2.45) is 11.7 Å². The van der Waals surface area contributed by atoms with Crippen LogP contribution >= 0.6 is 0 Å². The molecule has 1 aromatic carbocycles. The SMILES string of the molecule is NCc1cccc(CS(=O)(=O)NCCC2CC2)c1. The molecule has 3 N–H and O–H groups in total. The standard InChI is InChI=1S/C13H20N2O2S/c14-9-12-2-1-3-13(8-12)10-18(16,17)15-7-6-11-4-5-11/h1-3,8,11,15H,4-7,9-10,14H2. The van der Waals surface area contributed by atoms with Gasteiger partial charge in [0, 0.05) is 13.1 Å². The van der Waals surface area contributed by atoms with Crippen molar-refractivity contribution in [1.82, 2.24) is 4.72 Å². The average Bonchev–Trinajstić information content (AvgIpc) is 3.12. The Bertz CT molecular complexity index is 495. The fraction of sp³-hybridized carbons (Fsp3) is 0.538. The van der Waals surface area contributed by atoms with Crippen LogP contribution in [-0.2, 0) is 22.3 Å². The molecule has 0 bridgehead atoms. The minimum absolute atomic E-state index is 0.0332. The van der Waals surface area contributed by atoms with Gasteiger partial charge in [-0.1, -0.05) is 37.1 Å². The van der Waals surface area contributed by atoms with Gasteiger partial charge in [0.15, 0.2) is 0 Å². The molecule has 0 atom stereocenters. The smallest absolute Gasteiger partial charge is 0.215 e. The Balaban J connectivity index is 1.88. The lowest BCUT2D eigenvalue weighted by molar-refractivity contribution is 0.574. The molecular formula is C13H20N2O2S. The van der Waals surface area contributed by atoms with Crippen LogP contribution < -0.4 is 10.5 Å². The second kappa shape index (κ2) is 5.82. The van der Waals surface area contributed by atoms with Crippen LogP contribution in [0.5, 0.6) is 0 Å². The van der Waals surface area contributed by atoms with Gasteiger partial charge in [0.05, 0.1) is 5.75 Å². The summed E-state index contributed by atoms with van der Waals surface area (Å²) in [7, 11) is -3.22. The zero-order valence-corrected chi connectivity index (χ0v) is 11.2. The number of hydrogen-bond donors (Lipinski definition) is 2. The van der Waals surface area contributed by atoms with Crippen molar-refractivity contribution >= 4 is 10.0 Å². The highest BCUT2D eigenvalue weighted by Gasteiger charge is 2.21. The summed E-state index contributed by atoms with van der Waals surface area (Å²) in [5.41, 5.74) is 7.29. The molecule has 0 heterocycles. The largest absolute Gasteiger partial charge is 0.326 e. The molecule has 2 rings (SSSR count). The van der Waals surface area contributed by atoms with E-state index in [1.165, 1.54) is 12.8 Å². The molecule has 5 heteroatoms. The highest BCUT2D eigenvalue weighted by Crippen LogP contribution is 2.31. The number of rotatable bonds is 7. The Morgan fingerprint density at radius 1 is 1.28 bits per heavy atom. The van der Waals surface area contributed by atoms with Gasteiger partial charge in [-0.15, -0.1) is 0 Å². The van der Waals surface area contributed by atoms with E-state index < -0.39 is 10.0 Å². The second-order valence-electron chi connectivity index (χ2n) is 4.91. The van der Waals surface area contributed by atoms with Gasteiger partial charge in [0.1, 0.15) is 0 Å². The first-order chi connectivity index (χ1) is 8.59. The zero-order valence-electron chi connectivity index (χ0n) is 10.4. The van der Waals surface area contributed by atoms with Crippen LogP contribution in [0, 0.1) is 5.92 Å². The molecule has 0 spiro atoms. The van der Waals surface area contributed by atoms with Crippen molar-refractivity contribution in [2.75, 3.05) is 6.54 Å². The maximum atomic E-state index is 11.9. The lowest BCUT2D eigenvalue weighted by Crippen LogP contribution is -2.26. The third-order valence-electron chi connectivity index (χ3n) is 3.16. The van der Waals surface area contributed by atoms with Crippen LogP contribution in [0.1, 0.15) is 30.4 Å². The molecule has 0 radical (unpaired) electrons. The molecule has 0 unspecified atom stereocenters. The van der Waals surface area contributed by atoms with Crippen LogP contribution in [0.25, 0.3) is 0 Å². The maximum absolute atomic E-state index is 11.9. The fourth-order valence-electron chi connectivity index (χ4n) is 1.94. The Kier molecular flexibility index (Phi) is 4.37. The molecule has 0 amide bonds. The van der Waals surface area contributed by atoms with Crippen LogP contribution in [0.15, 0.2) is 24.3 Å². The van der Waals surface area contributed by atoms with Gasteiger partial charge >= 0.3 is 0 Å². The molecule has 1 saturated carbocycles. The number of benzene rings is 1. The van der Waals surface area contributed by atoms with E-state index in [4.69, 9.17) is 5.73 Å². The fourth-order valence-corrected chi connectivity index (χ4v) is 3.09. The average molecular weight is 268 g/mol. The first-order valence-corrected chi connectivity index (χ1v) is 7.99. The van der Waals surface area contributed by atoms with E-state index in [9.17, 15) is 8.42 Å². The normalized spacial score (nSPS) is 15.8. The molecule has 4 nitrogen and oxygen atoms in total. The summed E-state index contributed by atoms with van der Waals surface area (Å²) >= 11 is 0. The van der Waals surface area contributed by atoms with E-state index in [-0.39, 0.29) is 5.75 Å². The summed E-state index contributed by atoms with van der Waals surface area (Å²) in [6.45, 7) is 0.993. The number of sulfonamides is 1. The molecule has 1 aromatic rings. The molecule has 18 heavy (non-hydrogen) atoms. The van der Waals surface area contributed by atoms with Gasteiger partial charge in [-0.3, -0.25) is 0 Å².